The molecule has 1 fully saturated rings. The lowest BCUT2D eigenvalue weighted by Crippen LogP contribution is -2.61. The van der Waals surface area contributed by atoms with Crippen molar-refractivity contribution in [3.63, 3.8) is 0 Å². The average Bonchev–Trinajstić information content (AvgIpc) is 3.02. The Bertz CT molecular complexity index is 883. The van der Waals surface area contributed by atoms with Gasteiger partial charge in [-0.15, -0.1) is 0 Å². The summed E-state index contributed by atoms with van der Waals surface area (Å²) in [7, 11) is 0. The van der Waals surface area contributed by atoms with Gasteiger partial charge >= 0.3 is 5.97 Å². The summed E-state index contributed by atoms with van der Waals surface area (Å²) in [6.45, 7) is 13.3. The summed E-state index contributed by atoms with van der Waals surface area (Å²) in [5, 5.41) is 4.97. The predicted octanol–water partition coefficient (Wildman–Crippen LogP) is 3.69. The highest BCUT2D eigenvalue weighted by molar-refractivity contribution is 5.93. The van der Waals surface area contributed by atoms with Crippen molar-refractivity contribution >= 4 is 16.9 Å². The quantitative estimate of drug-likeness (QED) is 0.820. The Morgan fingerprint density at radius 3 is 2.60 bits per heavy atom. The molecule has 3 atom stereocenters. The van der Waals surface area contributed by atoms with Crippen molar-refractivity contribution in [2.45, 2.75) is 64.5 Å². The summed E-state index contributed by atoms with van der Waals surface area (Å²) < 4.78 is 5.53. The number of hydrogen-bond acceptors (Lipinski definition) is 3. The molecule has 1 aromatic heterocycles. The minimum Gasteiger partial charge on any atom is -0.465 e. The molecule has 0 unspecified atom stereocenters. The van der Waals surface area contributed by atoms with Crippen LogP contribution in [-0.2, 0) is 21.4 Å². The Labute approximate surface area is 149 Å². The maximum Gasteiger partial charge on any atom is 0.326 e. The van der Waals surface area contributed by atoms with Crippen molar-refractivity contribution in [2.75, 3.05) is 6.61 Å². The molecule has 1 aliphatic heterocycles. The van der Waals surface area contributed by atoms with Gasteiger partial charge in [-0.25, -0.2) is 0 Å². The van der Waals surface area contributed by atoms with E-state index in [4.69, 9.17) is 4.74 Å². The first kappa shape index (κ1) is 16.6. The van der Waals surface area contributed by atoms with Gasteiger partial charge in [-0.2, -0.15) is 0 Å². The molecule has 0 spiro atoms. The number of carbonyl (C=O) groups is 1. The molecule has 0 radical (unpaired) electrons. The van der Waals surface area contributed by atoms with Crippen molar-refractivity contribution in [1.29, 1.82) is 0 Å². The summed E-state index contributed by atoms with van der Waals surface area (Å²) in [6.07, 6.45) is 3.03. The van der Waals surface area contributed by atoms with Gasteiger partial charge in [0, 0.05) is 33.5 Å². The second kappa shape index (κ2) is 4.67. The zero-order valence-electron chi connectivity index (χ0n) is 16.0. The van der Waals surface area contributed by atoms with Gasteiger partial charge in [0.1, 0.15) is 5.54 Å². The number of esters is 1. The van der Waals surface area contributed by atoms with Crippen molar-refractivity contribution in [2.24, 2.45) is 5.41 Å². The zero-order chi connectivity index (χ0) is 18.3. The third-order valence-electron chi connectivity index (χ3n) is 7.60. The van der Waals surface area contributed by atoms with E-state index in [2.05, 4.69) is 62.4 Å². The molecule has 1 aliphatic carbocycles. The van der Waals surface area contributed by atoms with Crippen molar-refractivity contribution < 1.29 is 9.53 Å². The van der Waals surface area contributed by atoms with Gasteiger partial charge in [0.15, 0.2) is 0 Å². The van der Waals surface area contributed by atoms with Crippen LogP contribution in [0.2, 0.25) is 0 Å². The monoisotopic (exact) mass is 340 g/mol. The van der Waals surface area contributed by atoms with Gasteiger partial charge in [-0.3, -0.25) is 10.1 Å². The van der Waals surface area contributed by atoms with Crippen molar-refractivity contribution in [3.05, 3.63) is 35.5 Å². The average molecular weight is 340 g/mol. The van der Waals surface area contributed by atoms with Crippen LogP contribution in [0.3, 0.4) is 0 Å². The van der Waals surface area contributed by atoms with Crippen LogP contribution < -0.4 is 5.32 Å². The molecule has 2 heterocycles. The number of benzene rings is 1. The highest BCUT2D eigenvalue weighted by Gasteiger charge is 2.73. The number of H-pyrrole nitrogens is 1. The highest BCUT2D eigenvalue weighted by Crippen LogP contribution is 2.65. The van der Waals surface area contributed by atoms with E-state index in [1.807, 2.05) is 13.8 Å². The van der Waals surface area contributed by atoms with Crippen LogP contribution in [-0.4, -0.2) is 28.6 Å². The molecule has 0 amide bonds. The van der Waals surface area contributed by atoms with Crippen LogP contribution in [0.25, 0.3) is 10.9 Å². The van der Waals surface area contributed by atoms with Crippen LogP contribution >= 0.6 is 0 Å². The normalized spacial score (nSPS) is 35.6. The third kappa shape index (κ3) is 1.64. The van der Waals surface area contributed by atoms with Gasteiger partial charge in [-0.1, -0.05) is 26.0 Å². The number of ether oxygens (including phenoxy) is 1. The van der Waals surface area contributed by atoms with Crippen molar-refractivity contribution in [1.82, 2.24) is 10.3 Å². The molecule has 1 aromatic carbocycles. The van der Waals surface area contributed by atoms with Crippen LogP contribution in [0.15, 0.2) is 24.4 Å². The van der Waals surface area contributed by atoms with E-state index in [-0.39, 0.29) is 22.3 Å². The van der Waals surface area contributed by atoms with Crippen LogP contribution in [0.1, 0.15) is 52.7 Å². The van der Waals surface area contributed by atoms with Gasteiger partial charge in [0.2, 0.25) is 0 Å². The zero-order valence-corrected chi connectivity index (χ0v) is 16.0. The molecule has 4 rings (SSSR count). The summed E-state index contributed by atoms with van der Waals surface area (Å²) in [5.41, 5.74) is 2.20. The highest BCUT2D eigenvalue weighted by atomic mass is 16.5. The molecule has 4 heteroatoms. The molecular weight excluding hydrogens is 312 g/mol. The number of rotatable bonds is 2. The van der Waals surface area contributed by atoms with Gasteiger partial charge in [0.05, 0.1) is 6.61 Å². The number of carbonyl (C=O) groups excluding carboxylic acids is 1. The second-order valence-corrected chi connectivity index (χ2v) is 8.77. The molecule has 0 saturated carbocycles. The van der Waals surface area contributed by atoms with Gasteiger partial charge < -0.3 is 9.72 Å². The topological polar surface area (TPSA) is 54.1 Å². The first-order valence-electron chi connectivity index (χ1n) is 9.18. The molecule has 2 N–H and O–H groups in total. The first-order valence-corrected chi connectivity index (χ1v) is 9.18. The summed E-state index contributed by atoms with van der Waals surface area (Å²) in [4.78, 5) is 16.5. The molecule has 1 saturated heterocycles. The molecular formula is C21H28N2O2. The fraction of sp³-hybridized carbons (Fsp3) is 0.571. The van der Waals surface area contributed by atoms with Crippen LogP contribution in [0.5, 0.6) is 0 Å². The van der Waals surface area contributed by atoms with Crippen LogP contribution in [0.4, 0.5) is 0 Å². The lowest BCUT2D eigenvalue weighted by molar-refractivity contribution is -0.153. The minimum atomic E-state index is -0.788. The number of nitrogens with one attached hydrogen (secondary N) is 2. The van der Waals surface area contributed by atoms with Gasteiger partial charge in [-0.05, 0) is 51.3 Å². The fourth-order valence-electron chi connectivity index (χ4n) is 5.74. The molecule has 0 bridgehead atoms. The van der Waals surface area contributed by atoms with E-state index < -0.39 is 5.54 Å². The molecule has 2 aliphatic rings. The maximum atomic E-state index is 13.1. The Morgan fingerprint density at radius 1 is 1.20 bits per heavy atom. The Hall–Kier alpha value is -1.81. The third-order valence-corrected chi connectivity index (χ3v) is 7.60. The largest absolute Gasteiger partial charge is 0.465 e. The lowest BCUT2D eigenvalue weighted by atomic mass is 9.48. The minimum absolute atomic E-state index is 0.134. The SMILES string of the molecule is CCOC(=O)[C@@]1(C)NC(C)(C)[C@]2(C)Cc3cccc4[nH]cc(c34)[C@@]21C. The van der Waals surface area contributed by atoms with E-state index in [1.165, 1.54) is 16.5 Å². The summed E-state index contributed by atoms with van der Waals surface area (Å²) in [5.74, 6) is -0.164. The van der Waals surface area contributed by atoms with E-state index in [1.54, 1.807) is 0 Å². The second-order valence-electron chi connectivity index (χ2n) is 8.77. The molecule has 4 nitrogen and oxygen atoms in total. The smallest absolute Gasteiger partial charge is 0.326 e. The number of fused-ring (bicyclic) bond motifs is 2. The molecule has 2 aromatic rings. The van der Waals surface area contributed by atoms with E-state index in [9.17, 15) is 4.79 Å². The maximum absolute atomic E-state index is 13.1. The molecule has 25 heavy (non-hydrogen) atoms. The van der Waals surface area contributed by atoms with E-state index in [0.717, 1.165) is 11.9 Å². The fourth-order valence-corrected chi connectivity index (χ4v) is 5.74. The number of aromatic amines is 1. The Kier molecular flexibility index (Phi) is 3.11. The number of aromatic nitrogens is 1. The summed E-state index contributed by atoms with van der Waals surface area (Å²) >= 11 is 0. The molecule has 134 valence electrons. The number of hydrogen-bond donors (Lipinski definition) is 2. The standard InChI is InChI=1S/C21H28N2O2/c1-7-25-17(24)21(6)20(5)14-12-22-15-10-8-9-13(16(14)15)11-19(20,4)18(2,3)23-21/h8-10,12,22-23H,7,11H2,1-6H3/t19-,20-,21+/m0/s1. The van der Waals surface area contributed by atoms with Crippen molar-refractivity contribution in [3.8, 4) is 0 Å². The Morgan fingerprint density at radius 2 is 1.92 bits per heavy atom. The lowest BCUT2D eigenvalue weighted by Gasteiger charge is -2.52. The van der Waals surface area contributed by atoms with E-state index in [0.29, 0.717) is 6.61 Å². The van der Waals surface area contributed by atoms with Crippen LogP contribution in [0, 0.1) is 5.41 Å². The van der Waals surface area contributed by atoms with Gasteiger partial charge in [0.25, 0.3) is 0 Å². The Balaban J connectivity index is 2.06. The van der Waals surface area contributed by atoms with E-state index >= 15 is 0 Å². The predicted molar refractivity (Wildman–Crippen MR) is 99.7 cm³/mol. The first-order chi connectivity index (χ1) is 11.6. The summed E-state index contributed by atoms with van der Waals surface area (Å²) in [6, 6.07) is 6.45.